The van der Waals surface area contributed by atoms with Crippen molar-refractivity contribution in [2.45, 2.75) is 13.8 Å². The molecule has 0 aliphatic heterocycles. The van der Waals surface area contributed by atoms with Gasteiger partial charge in [-0.25, -0.2) is 4.98 Å². The Kier molecular flexibility index (Phi) is 4.99. The molecular weight excluding hydrogens is 338 g/mol. The number of carbonyl (C=O) groups is 1. The quantitative estimate of drug-likeness (QED) is 0.685. The van der Waals surface area contributed by atoms with Crippen LogP contribution >= 0.6 is 22.7 Å². The first-order valence-electron chi connectivity index (χ1n) is 7.84. The number of hydrogen-bond acceptors (Lipinski definition) is 5. The minimum atomic E-state index is 0.0280. The highest BCUT2D eigenvalue weighted by molar-refractivity contribution is 7.22. The molecule has 0 bridgehead atoms. The third-order valence-corrected chi connectivity index (χ3v) is 5.95. The van der Waals surface area contributed by atoms with Crippen LogP contribution in [0.1, 0.15) is 20.8 Å². The molecule has 126 valence electrons. The molecule has 1 aromatic carbocycles. The number of aromatic nitrogens is 1. The van der Waals surface area contributed by atoms with Gasteiger partial charge in [0.15, 0.2) is 5.13 Å². The molecule has 0 radical (unpaired) electrons. The van der Waals surface area contributed by atoms with Gasteiger partial charge in [-0.1, -0.05) is 23.5 Å². The summed E-state index contributed by atoms with van der Waals surface area (Å²) in [6.45, 7) is 5.60. The number of fused-ring (bicyclic) bond motifs is 1. The minimum Gasteiger partial charge on any atom is -0.308 e. The maximum atomic E-state index is 12.9. The Morgan fingerprint density at radius 2 is 1.96 bits per heavy atom. The Bertz CT molecular complexity index is 853. The summed E-state index contributed by atoms with van der Waals surface area (Å²) in [5, 5.41) is 2.71. The van der Waals surface area contributed by atoms with Gasteiger partial charge in [-0.3, -0.25) is 9.69 Å². The minimum absolute atomic E-state index is 0.0280. The van der Waals surface area contributed by atoms with Crippen LogP contribution in [0.5, 0.6) is 0 Å². The molecule has 0 spiro atoms. The van der Waals surface area contributed by atoms with Gasteiger partial charge in [-0.05, 0) is 56.6 Å². The highest BCUT2D eigenvalue weighted by Gasteiger charge is 2.22. The van der Waals surface area contributed by atoms with Gasteiger partial charge in [0.25, 0.3) is 5.91 Å². The third-order valence-electron chi connectivity index (χ3n) is 4.05. The zero-order chi connectivity index (χ0) is 17.3. The van der Waals surface area contributed by atoms with Crippen molar-refractivity contribution in [3.05, 3.63) is 45.6 Å². The first kappa shape index (κ1) is 17.1. The topological polar surface area (TPSA) is 36.4 Å². The molecule has 3 rings (SSSR count). The van der Waals surface area contributed by atoms with Crippen molar-refractivity contribution in [3.63, 3.8) is 0 Å². The van der Waals surface area contributed by atoms with Crippen LogP contribution in [0.4, 0.5) is 5.13 Å². The summed E-state index contributed by atoms with van der Waals surface area (Å²) in [6, 6.07) is 8.00. The van der Waals surface area contributed by atoms with E-state index in [9.17, 15) is 4.79 Å². The smallest absolute Gasteiger partial charge is 0.270 e. The number of thiophene rings is 1. The molecule has 0 atom stereocenters. The predicted octanol–water partition coefficient (Wildman–Crippen LogP) is 4.18. The number of rotatable bonds is 5. The number of thiazole rings is 1. The lowest BCUT2D eigenvalue weighted by Gasteiger charge is -2.21. The summed E-state index contributed by atoms with van der Waals surface area (Å²) in [7, 11) is 4.03. The van der Waals surface area contributed by atoms with Gasteiger partial charge < -0.3 is 4.90 Å². The van der Waals surface area contributed by atoms with E-state index in [1.54, 1.807) is 11.3 Å². The number of nitrogens with zero attached hydrogens (tertiary/aromatic N) is 3. The van der Waals surface area contributed by atoms with Crippen LogP contribution in [0.3, 0.4) is 0 Å². The largest absolute Gasteiger partial charge is 0.308 e. The van der Waals surface area contributed by atoms with Crippen molar-refractivity contribution in [3.8, 4) is 0 Å². The lowest BCUT2D eigenvalue weighted by atomic mass is 10.1. The van der Waals surface area contributed by atoms with Gasteiger partial charge in [0, 0.05) is 13.1 Å². The molecule has 0 N–H and O–H groups in total. The number of benzene rings is 1. The summed E-state index contributed by atoms with van der Waals surface area (Å²) in [5.41, 5.74) is 3.42. The first-order valence-corrected chi connectivity index (χ1v) is 9.54. The number of likely N-dealkylation sites (N-methyl/N-ethyl adjacent to an activating group) is 1. The van der Waals surface area contributed by atoms with Crippen LogP contribution in [0.2, 0.25) is 0 Å². The van der Waals surface area contributed by atoms with E-state index in [0.717, 1.165) is 26.8 Å². The van der Waals surface area contributed by atoms with Crippen molar-refractivity contribution in [1.29, 1.82) is 0 Å². The molecular formula is C18H21N3OS2. The lowest BCUT2D eigenvalue weighted by Crippen LogP contribution is -2.36. The molecule has 2 aromatic heterocycles. The van der Waals surface area contributed by atoms with Crippen molar-refractivity contribution in [1.82, 2.24) is 9.88 Å². The van der Waals surface area contributed by atoms with Gasteiger partial charge in [0.2, 0.25) is 0 Å². The van der Waals surface area contributed by atoms with Crippen LogP contribution < -0.4 is 4.90 Å². The van der Waals surface area contributed by atoms with Gasteiger partial charge in [-0.15, -0.1) is 11.3 Å². The van der Waals surface area contributed by atoms with Crippen LogP contribution in [0, 0.1) is 13.8 Å². The Hall–Kier alpha value is -1.76. The van der Waals surface area contributed by atoms with E-state index in [4.69, 9.17) is 4.98 Å². The van der Waals surface area contributed by atoms with E-state index in [1.165, 1.54) is 22.5 Å². The fourth-order valence-electron chi connectivity index (χ4n) is 2.45. The van der Waals surface area contributed by atoms with Crippen LogP contribution in [-0.4, -0.2) is 43.0 Å². The molecule has 2 heterocycles. The summed E-state index contributed by atoms with van der Waals surface area (Å²) in [4.78, 5) is 22.4. The molecule has 6 heteroatoms. The summed E-state index contributed by atoms with van der Waals surface area (Å²) in [6.07, 6.45) is 0. The molecule has 0 saturated heterocycles. The van der Waals surface area contributed by atoms with Crippen LogP contribution in [0.15, 0.2) is 29.6 Å². The van der Waals surface area contributed by atoms with E-state index >= 15 is 0 Å². The van der Waals surface area contributed by atoms with E-state index in [-0.39, 0.29) is 5.91 Å². The molecule has 0 unspecified atom stereocenters. The number of amides is 1. The van der Waals surface area contributed by atoms with Crippen molar-refractivity contribution in [2.24, 2.45) is 0 Å². The zero-order valence-corrected chi connectivity index (χ0v) is 16.0. The number of aryl methyl sites for hydroxylation is 2. The third kappa shape index (κ3) is 3.36. The molecule has 4 nitrogen and oxygen atoms in total. The number of hydrogen-bond donors (Lipinski definition) is 0. The Morgan fingerprint density at radius 3 is 2.62 bits per heavy atom. The van der Waals surface area contributed by atoms with Gasteiger partial charge in [0.05, 0.1) is 15.1 Å². The lowest BCUT2D eigenvalue weighted by molar-refractivity contribution is 0.0989. The predicted molar refractivity (Wildman–Crippen MR) is 104 cm³/mol. The average Bonchev–Trinajstić information content (AvgIpc) is 3.20. The molecule has 3 aromatic rings. The number of carbonyl (C=O) groups excluding carboxylic acids is 1. The molecule has 0 aliphatic rings. The maximum absolute atomic E-state index is 12.9. The molecule has 24 heavy (non-hydrogen) atoms. The molecule has 1 amide bonds. The Labute approximate surface area is 150 Å². The van der Waals surface area contributed by atoms with Crippen LogP contribution in [-0.2, 0) is 0 Å². The normalized spacial score (nSPS) is 11.4. The van der Waals surface area contributed by atoms with E-state index in [0.29, 0.717) is 6.54 Å². The average molecular weight is 360 g/mol. The Morgan fingerprint density at radius 1 is 1.17 bits per heavy atom. The molecule has 0 aliphatic carbocycles. The second-order valence-electron chi connectivity index (χ2n) is 6.09. The highest BCUT2D eigenvalue weighted by Crippen LogP contribution is 2.32. The van der Waals surface area contributed by atoms with Crippen molar-refractivity contribution >= 4 is 43.9 Å². The SMILES string of the molecule is Cc1ccc2sc(N(CCN(C)C)C(=O)c3cccs3)nc2c1C. The molecule has 0 fully saturated rings. The van der Waals surface area contributed by atoms with E-state index in [1.807, 2.05) is 36.5 Å². The second-order valence-corrected chi connectivity index (χ2v) is 8.04. The van der Waals surface area contributed by atoms with Gasteiger partial charge in [-0.2, -0.15) is 0 Å². The second kappa shape index (κ2) is 7.01. The fourth-order valence-corrected chi connectivity index (χ4v) is 4.17. The molecule has 0 saturated carbocycles. The van der Waals surface area contributed by atoms with Crippen molar-refractivity contribution < 1.29 is 4.79 Å². The summed E-state index contributed by atoms with van der Waals surface area (Å²) < 4.78 is 1.13. The van der Waals surface area contributed by atoms with Crippen LogP contribution in [0.25, 0.3) is 10.2 Å². The number of anilines is 1. The highest BCUT2D eigenvalue weighted by atomic mass is 32.1. The fraction of sp³-hybridized carbons (Fsp3) is 0.333. The maximum Gasteiger partial charge on any atom is 0.270 e. The Balaban J connectivity index is 2.01. The first-order chi connectivity index (χ1) is 11.5. The zero-order valence-electron chi connectivity index (χ0n) is 14.4. The summed E-state index contributed by atoms with van der Waals surface area (Å²) in [5.74, 6) is 0.0280. The van der Waals surface area contributed by atoms with Gasteiger partial charge >= 0.3 is 0 Å². The van der Waals surface area contributed by atoms with E-state index < -0.39 is 0 Å². The monoisotopic (exact) mass is 359 g/mol. The summed E-state index contributed by atoms with van der Waals surface area (Å²) >= 11 is 3.06. The van der Waals surface area contributed by atoms with Gasteiger partial charge in [0.1, 0.15) is 0 Å². The van der Waals surface area contributed by atoms with E-state index in [2.05, 4.69) is 30.9 Å². The standard InChI is InChI=1S/C18H21N3OS2/c1-12-7-8-14-16(13(12)2)19-18(24-14)21(10-9-20(3)4)17(22)15-6-5-11-23-15/h5-8,11H,9-10H2,1-4H3. The van der Waals surface area contributed by atoms with Crippen molar-refractivity contribution in [2.75, 3.05) is 32.1 Å².